The first-order valence-corrected chi connectivity index (χ1v) is 22.8. The Bertz CT molecular complexity index is 2790. The SMILES string of the molecule is COc1cc(/C=C/C(=O)CC(=O)/C=C/c2ccc(OC(=O)[C@H](C)NC(=O)OCC3c4ccccc4-c4ccccc43)c(OC)c2)ccc1OC(=O)[C@H](C)NC(=O)OCC1c2ccccc2-c2ccccc21. The minimum atomic E-state index is -1.06. The molecule has 0 radical (unpaired) electrons. The third-order valence-corrected chi connectivity index (χ3v) is 12.1. The van der Waals surface area contributed by atoms with E-state index < -0.39 is 54.2 Å². The molecular formula is C57H50N2O12. The molecule has 2 atom stereocenters. The van der Waals surface area contributed by atoms with Crippen LogP contribution in [0.15, 0.2) is 146 Å². The third kappa shape index (κ3) is 11.4. The van der Waals surface area contributed by atoms with E-state index in [2.05, 4.69) is 10.6 Å². The second kappa shape index (κ2) is 22.1. The van der Waals surface area contributed by atoms with E-state index in [9.17, 15) is 28.8 Å². The summed E-state index contributed by atoms with van der Waals surface area (Å²) in [4.78, 5) is 77.1. The van der Waals surface area contributed by atoms with Crippen LogP contribution in [0.2, 0.25) is 0 Å². The predicted molar refractivity (Wildman–Crippen MR) is 265 cm³/mol. The fourth-order valence-electron chi connectivity index (χ4n) is 8.56. The van der Waals surface area contributed by atoms with Crippen molar-refractivity contribution >= 4 is 47.8 Å². The van der Waals surface area contributed by atoms with E-state index in [0.29, 0.717) is 11.1 Å². The Hall–Kier alpha value is -8.78. The number of alkyl carbamates (subject to hydrolysis) is 2. The molecule has 0 bridgehead atoms. The van der Waals surface area contributed by atoms with Crippen LogP contribution < -0.4 is 29.6 Å². The lowest BCUT2D eigenvalue weighted by Crippen LogP contribution is -2.41. The highest BCUT2D eigenvalue weighted by molar-refractivity contribution is 6.11. The van der Waals surface area contributed by atoms with E-state index in [1.54, 1.807) is 24.3 Å². The molecule has 6 aromatic carbocycles. The summed E-state index contributed by atoms with van der Waals surface area (Å²) >= 11 is 0. The predicted octanol–water partition coefficient (Wildman–Crippen LogP) is 9.62. The molecule has 2 aliphatic carbocycles. The number of esters is 2. The molecular weight excluding hydrogens is 905 g/mol. The molecule has 0 fully saturated rings. The number of hydrogen-bond acceptors (Lipinski definition) is 12. The molecule has 0 aromatic heterocycles. The summed E-state index contributed by atoms with van der Waals surface area (Å²) in [6.45, 7) is 3.12. The van der Waals surface area contributed by atoms with Crippen LogP contribution >= 0.6 is 0 Å². The third-order valence-electron chi connectivity index (χ3n) is 12.1. The van der Waals surface area contributed by atoms with E-state index in [0.717, 1.165) is 44.5 Å². The Balaban J connectivity index is 0.771. The molecule has 8 rings (SSSR count). The van der Waals surface area contributed by atoms with Crippen LogP contribution in [0.3, 0.4) is 0 Å². The topological polar surface area (TPSA) is 182 Å². The quantitative estimate of drug-likeness (QED) is 0.0361. The maximum absolute atomic E-state index is 13.0. The molecule has 360 valence electrons. The number of carbonyl (C=O) groups excluding carboxylic acids is 6. The van der Waals surface area contributed by atoms with Gasteiger partial charge in [-0.05, 0) is 106 Å². The smallest absolute Gasteiger partial charge is 0.407 e. The van der Waals surface area contributed by atoms with E-state index in [1.165, 1.54) is 64.5 Å². The molecule has 14 heteroatoms. The van der Waals surface area contributed by atoms with Crippen LogP contribution in [0.5, 0.6) is 23.0 Å². The van der Waals surface area contributed by atoms with Gasteiger partial charge < -0.3 is 39.1 Å². The van der Waals surface area contributed by atoms with Crippen LogP contribution in [0.25, 0.3) is 34.4 Å². The van der Waals surface area contributed by atoms with E-state index in [4.69, 9.17) is 28.4 Å². The van der Waals surface area contributed by atoms with Crippen molar-refractivity contribution < 1.29 is 57.2 Å². The van der Waals surface area contributed by atoms with Gasteiger partial charge in [-0.3, -0.25) is 9.59 Å². The van der Waals surface area contributed by atoms with E-state index in [-0.39, 0.29) is 48.0 Å². The molecule has 0 saturated carbocycles. The molecule has 0 saturated heterocycles. The molecule has 2 amide bonds. The number of rotatable bonds is 18. The Morgan fingerprint density at radius 2 is 0.817 bits per heavy atom. The Morgan fingerprint density at radius 3 is 1.15 bits per heavy atom. The van der Waals surface area contributed by atoms with Crippen molar-refractivity contribution in [2.75, 3.05) is 27.4 Å². The van der Waals surface area contributed by atoms with Crippen molar-refractivity contribution in [2.45, 2.75) is 44.2 Å². The minimum Gasteiger partial charge on any atom is -0.493 e. The lowest BCUT2D eigenvalue weighted by Gasteiger charge is -2.17. The summed E-state index contributed by atoms with van der Waals surface area (Å²) in [5.74, 6) is -2.18. The van der Waals surface area contributed by atoms with Gasteiger partial charge in [0.15, 0.2) is 34.6 Å². The lowest BCUT2D eigenvalue weighted by atomic mass is 9.98. The van der Waals surface area contributed by atoms with Crippen molar-refractivity contribution in [3.63, 3.8) is 0 Å². The largest absolute Gasteiger partial charge is 0.493 e. The van der Waals surface area contributed by atoms with Gasteiger partial charge in [0, 0.05) is 11.8 Å². The highest BCUT2D eigenvalue weighted by Gasteiger charge is 2.31. The summed E-state index contributed by atoms with van der Waals surface area (Å²) in [5.41, 5.74) is 9.69. The van der Waals surface area contributed by atoms with Gasteiger partial charge in [-0.15, -0.1) is 0 Å². The van der Waals surface area contributed by atoms with Gasteiger partial charge in [-0.1, -0.05) is 121 Å². The zero-order valence-electron chi connectivity index (χ0n) is 39.3. The highest BCUT2D eigenvalue weighted by atomic mass is 16.6. The van der Waals surface area contributed by atoms with E-state index >= 15 is 0 Å². The highest BCUT2D eigenvalue weighted by Crippen LogP contribution is 2.46. The molecule has 0 aliphatic heterocycles. The number of ether oxygens (including phenoxy) is 6. The van der Waals surface area contributed by atoms with Crippen molar-refractivity contribution in [1.29, 1.82) is 0 Å². The Labute approximate surface area is 410 Å². The van der Waals surface area contributed by atoms with Gasteiger partial charge >= 0.3 is 24.1 Å². The monoisotopic (exact) mass is 954 g/mol. The van der Waals surface area contributed by atoms with Crippen LogP contribution in [0, 0.1) is 0 Å². The minimum absolute atomic E-state index is 0.0841. The maximum Gasteiger partial charge on any atom is 0.407 e. The van der Waals surface area contributed by atoms with Crippen molar-refractivity contribution in [2.24, 2.45) is 0 Å². The number of amides is 2. The van der Waals surface area contributed by atoms with E-state index in [1.807, 2.05) is 97.1 Å². The standard InChI is InChI=1S/C57H50N2O12/c1-34(58-56(64)68-32-48-44-17-9-5-13-40(44)41-14-6-10-18-45(41)48)54(62)70-50-27-23-36(29-52(50)66-3)21-25-38(60)31-39(61)26-22-37-24-28-51(53(30-37)67-4)71-55(63)35(2)59-57(65)69-33-49-46-19-11-7-15-42(46)43-16-8-12-20-47(43)49/h5-30,34-35,48-49H,31-33H2,1-4H3,(H,58,64)(H,59,65)/b25-21+,26-22+/t34-,35-/m0/s1. The summed E-state index contributed by atoms with van der Waals surface area (Å²) in [6, 6.07) is 39.0. The number of benzene rings is 6. The molecule has 14 nitrogen and oxygen atoms in total. The summed E-state index contributed by atoms with van der Waals surface area (Å²) in [6.07, 6.45) is 3.53. The Morgan fingerprint density at radius 1 is 0.479 bits per heavy atom. The van der Waals surface area contributed by atoms with Crippen LogP contribution in [0.4, 0.5) is 9.59 Å². The average Bonchev–Trinajstić information content (AvgIpc) is 3.88. The molecule has 0 spiro atoms. The molecule has 6 aromatic rings. The first-order chi connectivity index (χ1) is 34.4. The van der Waals surface area contributed by atoms with Crippen LogP contribution in [-0.4, -0.2) is 75.2 Å². The maximum atomic E-state index is 13.0. The van der Waals surface area contributed by atoms with Crippen molar-refractivity contribution in [1.82, 2.24) is 10.6 Å². The molecule has 0 unspecified atom stereocenters. The van der Waals surface area contributed by atoms with Crippen molar-refractivity contribution in [3.8, 4) is 45.3 Å². The Kier molecular flexibility index (Phi) is 15.2. The molecule has 71 heavy (non-hydrogen) atoms. The number of fused-ring (bicyclic) bond motifs is 6. The summed E-state index contributed by atoms with van der Waals surface area (Å²) in [7, 11) is 2.78. The molecule has 0 heterocycles. The molecule has 2 N–H and O–H groups in total. The number of nitrogens with one attached hydrogen (secondary N) is 2. The van der Waals surface area contributed by atoms with Gasteiger partial charge in [0.2, 0.25) is 0 Å². The normalized spacial score (nSPS) is 13.2. The summed E-state index contributed by atoms with van der Waals surface area (Å²) in [5, 5.41) is 5.06. The van der Waals surface area contributed by atoms with Gasteiger partial charge in [0.05, 0.1) is 20.6 Å². The first-order valence-electron chi connectivity index (χ1n) is 22.8. The molecule has 2 aliphatic rings. The second-order valence-electron chi connectivity index (χ2n) is 16.8. The van der Waals surface area contributed by atoms with Crippen LogP contribution in [-0.2, 0) is 28.7 Å². The number of ketones is 2. The summed E-state index contributed by atoms with van der Waals surface area (Å²) < 4.78 is 33.1. The van der Waals surface area contributed by atoms with Crippen molar-refractivity contribution in [3.05, 3.63) is 179 Å². The van der Waals surface area contributed by atoms with Gasteiger partial charge in [0.1, 0.15) is 25.3 Å². The van der Waals surface area contributed by atoms with Gasteiger partial charge in [-0.2, -0.15) is 0 Å². The number of methoxy groups -OCH3 is 2. The van der Waals surface area contributed by atoms with Gasteiger partial charge in [-0.25, -0.2) is 19.2 Å². The second-order valence-corrected chi connectivity index (χ2v) is 16.8. The number of carbonyl (C=O) groups is 6. The zero-order valence-corrected chi connectivity index (χ0v) is 39.3. The fourth-order valence-corrected chi connectivity index (χ4v) is 8.56. The lowest BCUT2D eigenvalue weighted by molar-refractivity contribution is -0.137. The number of allylic oxidation sites excluding steroid dienone is 2. The number of hydrogen-bond donors (Lipinski definition) is 2. The first kappa shape index (κ1) is 48.7. The van der Waals surface area contributed by atoms with Gasteiger partial charge in [0.25, 0.3) is 0 Å². The fraction of sp³-hybridized carbons (Fsp3) is 0.193. The average molecular weight is 955 g/mol. The van der Waals surface area contributed by atoms with Crippen LogP contribution in [0.1, 0.15) is 65.5 Å². The zero-order chi connectivity index (χ0) is 50.0.